The van der Waals surface area contributed by atoms with Gasteiger partial charge in [0.2, 0.25) is 0 Å². The number of aromatic nitrogens is 2. The number of anilines is 1. The number of amidine groups is 1. The molecule has 0 bridgehead atoms. The molecule has 0 radical (unpaired) electrons. The van der Waals surface area contributed by atoms with E-state index in [1.54, 1.807) is 0 Å². The van der Waals surface area contributed by atoms with Gasteiger partial charge in [-0.25, -0.2) is 23.2 Å². The Labute approximate surface area is 163 Å². The molecule has 0 aliphatic carbocycles. The minimum atomic E-state index is -1.20. The van der Waals surface area contributed by atoms with E-state index in [2.05, 4.69) is 15.3 Å². The van der Waals surface area contributed by atoms with Crippen LogP contribution in [0.1, 0.15) is 25.2 Å². The first-order valence-corrected chi connectivity index (χ1v) is 8.69. The molecule has 0 aliphatic rings. The van der Waals surface area contributed by atoms with Crippen molar-refractivity contribution < 1.29 is 18.4 Å². The highest BCUT2D eigenvalue weighted by atomic mass is 35.5. The molecule has 3 aromatic rings. The van der Waals surface area contributed by atoms with Crippen LogP contribution in [0.15, 0.2) is 24.3 Å². The molecule has 28 heavy (non-hydrogen) atoms. The second-order valence-corrected chi connectivity index (χ2v) is 6.83. The number of halogens is 4. The Bertz CT molecular complexity index is 1050. The zero-order valence-corrected chi connectivity index (χ0v) is 15.7. The maximum atomic E-state index is 14.2. The van der Waals surface area contributed by atoms with Crippen molar-refractivity contribution in [2.45, 2.75) is 26.4 Å². The van der Waals surface area contributed by atoms with Crippen molar-refractivity contribution in [1.82, 2.24) is 15.3 Å². The monoisotopic (exact) mass is 411 g/mol. The molecule has 0 atom stereocenters. The van der Waals surface area contributed by atoms with E-state index in [1.165, 1.54) is 6.07 Å². The molecule has 1 aromatic heterocycles. The number of hydroxylamine groups is 1. The van der Waals surface area contributed by atoms with Crippen LogP contribution in [0.25, 0.3) is 11.0 Å². The summed E-state index contributed by atoms with van der Waals surface area (Å²) >= 11 is 5.70. The molecule has 0 aliphatic heterocycles. The highest BCUT2D eigenvalue weighted by molar-refractivity contribution is 6.31. The van der Waals surface area contributed by atoms with E-state index >= 15 is 0 Å². The Morgan fingerprint density at radius 1 is 1.29 bits per heavy atom. The van der Waals surface area contributed by atoms with E-state index in [0.717, 1.165) is 18.2 Å². The fourth-order valence-corrected chi connectivity index (χ4v) is 2.75. The van der Waals surface area contributed by atoms with Crippen LogP contribution in [0.2, 0.25) is 5.02 Å². The van der Waals surface area contributed by atoms with Crippen LogP contribution >= 0.6 is 11.6 Å². The molecule has 0 fully saturated rings. The average molecular weight is 412 g/mol. The van der Waals surface area contributed by atoms with Crippen LogP contribution in [-0.4, -0.2) is 27.1 Å². The summed E-state index contributed by atoms with van der Waals surface area (Å²) in [5.41, 5.74) is -0.405. The first-order chi connectivity index (χ1) is 13.2. The Hall–Kier alpha value is -2.62. The van der Waals surface area contributed by atoms with E-state index in [0.29, 0.717) is 10.9 Å². The number of aromatic amines is 1. The van der Waals surface area contributed by atoms with Crippen LogP contribution < -0.4 is 10.4 Å². The number of H-pyrrole nitrogens is 1. The van der Waals surface area contributed by atoms with Gasteiger partial charge in [-0.1, -0.05) is 25.4 Å². The van der Waals surface area contributed by atoms with Crippen LogP contribution in [0.4, 0.5) is 18.9 Å². The first-order valence-electron chi connectivity index (χ1n) is 8.32. The predicted octanol–water partition coefficient (Wildman–Crippen LogP) is 4.35. The van der Waals surface area contributed by atoms with Crippen molar-refractivity contribution in [2.24, 2.45) is 0 Å². The van der Waals surface area contributed by atoms with Gasteiger partial charge in [0.05, 0.1) is 22.8 Å². The largest absolute Gasteiger partial charge is 0.338 e. The maximum absolute atomic E-state index is 14.2. The second kappa shape index (κ2) is 7.78. The standard InChI is InChI=1S/C18H17ClF3N5O/c1-8(2)24-7-14-25-16-10(6-13(21)15(22)17(16)26-14)18(23)27(28)9-3-4-12(20)11(19)5-9/h3-6,8,23-24,28H,7H2,1-2H3,(H,25,26). The summed E-state index contributed by atoms with van der Waals surface area (Å²) in [6.07, 6.45) is 0. The molecule has 10 heteroatoms. The summed E-state index contributed by atoms with van der Waals surface area (Å²) in [5.74, 6) is -3.28. The van der Waals surface area contributed by atoms with Gasteiger partial charge in [0.1, 0.15) is 22.7 Å². The zero-order valence-electron chi connectivity index (χ0n) is 14.9. The Morgan fingerprint density at radius 3 is 2.64 bits per heavy atom. The molecule has 2 aromatic carbocycles. The topological polar surface area (TPSA) is 88.0 Å². The van der Waals surface area contributed by atoms with Gasteiger partial charge in [-0.15, -0.1) is 0 Å². The fraction of sp³-hybridized carbons (Fsp3) is 0.222. The quantitative estimate of drug-likeness (QED) is 0.285. The molecular formula is C18H17ClF3N5O. The number of hydrogen-bond donors (Lipinski definition) is 4. The number of hydrogen-bond acceptors (Lipinski definition) is 4. The van der Waals surface area contributed by atoms with Gasteiger partial charge in [-0.3, -0.25) is 10.6 Å². The smallest absolute Gasteiger partial charge is 0.184 e. The number of fused-ring (bicyclic) bond motifs is 1. The van der Waals surface area contributed by atoms with Crippen LogP contribution in [0, 0.1) is 22.9 Å². The second-order valence-electron chi connectivity index (χ2n) is 6.42. The third kappa shape index (κ3) is 3.82. The molecule has 4 N–H and O–H groups in total. The molecule has 148 valence electrons. The van der Waals surface area contributed by atoms with Gasteiger partial charge in [-0.05, 0) is 24.3 Å². The average Bonchev–Trinajstić information content (AvgIpc) is 3.08. The van der Waals surface area contributed by atoms with Gasteiger partial charge in [0.15, 0.2) is 17.5 Å². The summed E-state index contributed by atoms with van der Waals surface area (Å²) in [4.78, 5) is 6.92. The van der Waals surface area contributed by atoms with Crippen LogP contribution in [-0.2, 0) is 6.54 Å². The van der Waals surface area contributed by atoms with Gasteiger partial charge in [0, 0.05) is 6.04 Å². The third-order valence-corrected chi connectivity index (χ3v) is 4.29. The van der Waals surface area contributed by atoms with E-state index in [1.807, 2.05) is 13.8 Å². The zero-order chi connectivity index (χ0) is 20.6. The SMILES string of the molecule is CC(C)NCc1nc2c(C(=N)N(O)c3ccc(F)c(Cl)c3)cc(F)c(F)c2[nH]1. The number of benzene rings is 2. The summed E-state index contributed by atoms with van der Waals surface area (Å²) in [7, 11) is 0. The van der Waals surface area contributed by atoms with E-state index in [-0.39, 0.29) is 39.9 Å². The first kappa shape index (κ1) is 20.1. The van der Waals surface area contributed by atoms with Crippen LogP contribution in [0.5, 0.6) is 0 Å². The molecule has 0 amide bonds. The van der Waals surface area contributed by atoms with Crippen molar-refractivity contribution in [2.75, 3.05) is 5.06 Å². The van der Waals surface area contributed by atoms with Crippen molar-refractivity contribution in [3.8, 4) is 0 Å². The van der Waals surface area contributed by atoms with E-state index in [4.69, 9.17) is 17.0 Å². The lowest BCUT2D eigenvalue weighted by molar-refractivity contribution is 0.312. The Kier molecular flexibility index (Phi) is 5.59. The van der Waals surface area contributed by atoms with Crippen LogP contribution in [0.3, 0.4) is 0 Å². The van der Waals surface area contributed by atoms with Crippen molar-refractivity contribution in [3.05, 3.63) is 58.1 Å². The minimum Gasteiger partial charge on any atom is -0.338 e. The van der Waals surface area contributed by atoms with E-state index in [9.17, 15) is 18.4 Å². The predicted molar refractivity (Wildman–Crippen MR) is 100 cm³/mol. The summed E-state index contributed by atoms with van der Waals surface area (Å²) < 4.78 is 41.6. The fourth-order valence-electron chi connectivity index (χ4n) is 2.58. The lowest BCUT2D eigenvalue weighted by atomic mass is 10.1. The molecule has 0 unspecified atom stereocenters. The minimum absolute atomic E-state index is 0.0169. The molecule has 6 nitrogen and oxygen atoms in total. The van der Waals surface area contributed by atoms with Gasteiger partial charge in [-0.2, -0.15) is 0 Å². The highest BCUT2D eigenvalue weighted by Gasteiger charge is 2.23. The summed E-state index contributed by atoms with van der Waals surface area (Å²) in [6.45, 7) is 4.11. The number of imidazole rings is 1. The number of nitrogens with zero attached hydrogens (tertiary/aromatic N) is 2. The summed E-state index contributed by atoms with van der Waals surface area (Å²) in [5, 5.41) is 21.7. The maximum Gasteiger partial charge on any atom is 0.184 e. The van der Waals surface area contributed by atoms with Gasteiger partial charge in [0.25, 0.3) is 0 Å². The molecule has 0 spiro atoms. The van der Waals surface area contributed by atoms with Crippen molar-refractivity contribution in [1.29, 1.82) is 5.41 Å². The van der Waals surface area contributed by atoms with Crippen molar-refractivity contribution in [3.63, 3.8) is 0 Å². The Balaban J connectivity index is 2.04. The molecule has 0 saturated heterocycles. The number of nitrogens with one attached hydrogen (secondary N) is 3. The summed E-state index contributed by atoms with van der Waals surface area (Å²) in [6, 6.07) is 4.22. The number of rotatable bonds is 5. The highest BCUT2D eigenvalue weighted by Crippen LogP contribution is 2.27. The molecular weight excluding hydrogens is 395 g/mol. The lowest BCUT2D eigenvalue weighted by Crippen LogP contribution is -2.27. The lowest BCUT2D eigenvalue weighted by Gasteiger charge is -2.18. The molecule has 1 heterocycles. The van der Waals surface area contributed by atoms with Crippen molar-refractivity contribution >= 4 is 34.2 Å². The van der Waals surface area contributed by atoms with Gasteiger partial charge >= 0.3 is 0 Å². The molecule has 3 rings (SSSR count). The van der Waals surface area contributed by atoms with Gasteiger partial charge < -0.3 is 10.3 Å². The van der Waals surface area contributed by atoms with E-state index < -0.39 is 23.3 Å². The molecule has 0 saturated carbocycles. The Morgan fingerprint density at radius 2 is 2.00 bits per heavy atom. The normalized spacial score (nSPS) is 11.4. The third-order valence-electron chi connectivity index (χ3n) is 4.00.